The molecule has 1 atom stereocenters. The lowest BCUT2D eigenvalue weighted by atomic mass is 9.98. The van der Waals surface area contributed by atoms with Gasteiger partial charge in [0.2, 0.25) is 10.0 Å². The molecule has 7 heteroatoms. The molecule has 1 aromatic carbocycles. The fraction of sp³-hybridized carbons (Fsp3) is 0.588. The van der Waals surface area contributed by atoms with Crippen LogP contribution in [0.1, 0.15) is 29.6 Å². The van der Waals surface area contributed by atoms with Gasteiger partial charge >= 0.3 is 0 Å². The molecule has 0 radical (unpaired) electrons. The molecule has 2 fully saturated rings. The normalized spacial score (nSPS) is 22.2. The van der Waals surface area contributed by atoms with Crippen LogP contribution in [-0.4, -0.2) is 63.4 Å². The number of rotatable bonds is 5. The zero-order valence-corrected chi connectivity index (χ0v) is 14.8. The van der Waals surface area contributed by atoms with Crippen molar-refractivity contribution in [2.45, 2.75) is 24.2 Å². The van der Waals surface area contributed by atoms with E-state index < -0.39 is 10.0 Å². The molecule has 132 valence electrons. The van der Waals surface area contributed by atoms with Crippen LogP contribution in [0.2, 0.25) is 0 Å². The summed E-state index contributed by atoms with van der Waals surface area (Å²) in [5.41, 5.74) is 0.440. The summed E-state index contributed by atoms with van der Waals surface area (Å²) in [4.78, 5) is 14.8. The van der Waals surface area contributed by atoms with Crippen LogP contribution in [0.4, 0.5) is 0 Å². The molecule has 0 N–H and O–H groups in total. The molecule has 6 nitrogen and oxygen atoms in total. The van der Waals surface area contributed by atoms with Crippen LogP contribution in [0, 0.1) is 5.92 Å². The topological polar surface area (TPSA) is 66.9 Å². The Hall–Kier alpha value is -1.44. The molecule has 0 spiro atoms. The number of ether oxygens (including phenoxy) is 1. The molecule has 2 aliphatic rings. The molecule has 2 saturated heterocycles. The van der Waals surface area contributed by atoms with Gasteiger partial charge in [-0.15, -0.1) is 0 Å². The third-order valence-electron chi connectivity index (χ3n) is 4.74. The first-order valence-corrected chi connectivity index (χ1v) is 9.85. The maximum Gasteiger partial charge on any atom is 0.253 e. The Balaban J connectivity index is 1.77. The van der Waals surface area contributed by atoms with Gasteiger partial charge in [-0.3, -0.25) is 4.79 Å². The van der Waals surface area contributed by atoms with Gasteiger partial charge in [0.05, 0.1) is 11.5 Å². The lowest BCUT2D eigenvalue weighted by Crippen LogP contribution is -2.42. The van der Waals surface area contributed by atoms with Crippen molar-refractivity contribution in [2.24, 2.45) is 5.92 Å². The molecular weight excluding hydrogens is 328 g/mol. The molecule has 0 unspecified atom stereocenters. The average molecular weight is 352 g/mol. The zero-order valence-electron chi connectivity index (χ0n) is 14.0. The minimum atomic E-state index is -3.47. The van der Waals surface area contributed by atoms with E-state index >= 15 is 0 Å². The van der Waals surface area contributed by atoms with Gasteiger partial charge in [0.25, 0.3) is 5.91 Å². The third kappa shape index (κ3) is 3.48. The van der Waals surface area contributed by atoms with Gasteiger partial charge in [-0.25, -0.2) is 8.42 Å². The number of hydrogen-bond acceptors (Lipinski definition) is 4. The zero-order chi connectivity index (χ0) is 17.2. The van der Waals surface area contributed by atoms with Crippen molar-refractivity contribution < 1.29 is 17.9 Å². The average Bonchev–Trinajstić information content (AvgIpc) is 2.53. The van der Waals surface area contributed by atoms with Gasteiger partial charge in [-0.05, 0) is 43.4 Å². The van der Waals surface area contributed by atoms with Crippen LogP contribution in [0.5, 0.6) is 0 Å². The molecule has 24 heavy (non-hydrogen) atoms. The summed E-state index contributed by atoms with van der Waals surface area (Å²) in [6, 6.07) is 6.41. The van der Waals surface area contributed by atoms with Gasteiger partial charge in [0.1, 0.15) is 0 Å². The van der Waals surface area contributed by atoms with Crippen LogP contribution in [-0.2, 0) is 14.8 Å². The van der Waals surface area contributed by atoms with E-state index in [1.807, 2.05) is 4.90 Å². The minimum absolute atomic E-state index is 0.100. The number of carbonyl (C=O) groups is 1. The monoisotopic (exact) mass is 352 g/mol. The summed E-state index contributed by atoms with van der Waals surface area (Å²) in [6.45, 7) is 3.14. The summed E-state index contributed by atoms with van der Waals surface area (Å²) >= 11 is 0. The quantitative estimate of drug-likeness (QED) is 0.807. The third-order valence-corrected chi connectivity index (χ3v) is 6.64. The molecular formula is C17H24N2O4S. The number of amides is 1. The van der Waals surface area contributed by atoms with E-state index in [0.717, 1.165) is 19.3 Å². The predicted molar refractivity (Wildman–Crippen MR) is 90.3 cm³/mol. The summed E-state index contributed by atoms with van der Waals surface area (Å²) in [7, 11) is -1.79. The predicted octanol–water partition coefficient (Wildman–Crippen LogP) is 1.58. The van der Waals surface area contributed by atoms with Crippen molar-refractivity contribution >= 4 is 15.9 Å². The summed E-state index contributed by atoms with van der Waals surface area (Å²) in [5.74, 6) is 0.247. The summed E-state index contributed by atoms with van der Waals surface area (Å²) in [6.07, 6.45) is 2.90. The van der Waals surface area contributed by atoms with Crippen LogP contribution in [0.3, 0.4) is 0 Å². The van der Waals surface area contributed by atoms with Gasteiger partial charge in [-0.1, -0.05) is 6.07 Å². The first-order valence-electron chi connectivity index (χ1n) is 8.41. The Morgan fingerprint density at radius 1 is 1.25 bits per heavy atom. The Labute approximate surface area is 143 Å². The largest absolute Gasteiger partial charge is 0.384 e. The SMILES string of the molecule is COC[C@@H]1CCCN(C(=O)c2cccc(S(=O)(=O)N3CCC3)c2)C1. The number of nitrogens with zero attached hydrogens (tertiary/aromatic N) is 2. The number of sulfonamides is 1. The Morgan fingerprint density at radius 2 is 2.04 bits per heavy atom. The lowest BCUT2D eigenvalue weighted by Gasteiger charge is -2.33. The van der Waals surface area contributed by atoms with Gasteiger partial charge in [0.15, 0.2) is 0 Å². The summed E-state index contributed by atoms with van der Waals surface area (Å²) in [5, 5.41) is 0. The molecule has 0 saturated carbocycles. The fourth-order valence-electron chi connectivity index (χ4n) is 3.27. The molecule has 2 heterocycles. The first-order chi connectivity index (χ1) is 11.5. The standard InChI is InChI=1S/C17H24N2O4S/c1-23-13-14-5-3-8-18(12-14)17(20)15-6-2-7-16(11-15)24(21,22)19-9-4-10-19/h2,6-7,11,14H,3-5,8-10,12-13H2,1H3/t14-/m1/s1. The van der Waals surface area contributed by atoms with E-state index in [4.69, 9.17) is 4.74 Å². The highest BCUT2D eigenvalue weighted by Gasteiger charge is 2.30. The van der Waals surface area contributed by atoms with E-state index in [-0.39, 0.29) is 10.8 Å². The maximum atomic E-state index is 12.8. The number of carbonyl (C=O) groups excluding carboxylic acids is 1. The number of benzene rings is 1. The Morgan fingerprint density at radius 3 is 2.71 bits per heavy atom. The van der Waals surface area contributed by atoms with E-state index in [1.54, 1.807) is 25.3 Å². The van der Waals surface area contributed by atoms with Crippen molar-refractivity contribution in [1.29, 1.82) is 0 Å². The van der Waals surface area contributed by atoms with Crippen molar-refractivity contribution in [3.63, 3.8) is 0 Å². The van der Waals surface area contributed by atoms with Crippen molar-refractivity contribution in [2.75, 3.05) is 39.9 Å². The van der Waals surface area contributed by atoms with Crippen LogP contribution in [0.25, 0.3) is 0 Å². The molecule has 0 aromatic heterocycles. The molecule has 1 aromatic rings. The first kappa shape index (κ1) is 17.4. The van der Waals surface area contributed by atoms with E-state index in [9.17, 15) is 13.2 Å². The minimum Gasteiger partial charge on any atom is -0.384 e. The van der Waals surface area contributed by atoms with E-state index in [0.29, 0.717) is 44.3 Å². The second-order valence-corrected chi connectivity index (χ2v) is 8.44. The lowest BCUT2D eigenvalue weighted by molar-refractivity contribution is 0.0570. The van der Waals surface area contributed by atoms with Crippen LogP contribution < -0.4 is 0 Å². The molecule has 3 rings (SSSR count). The summed E-state index contributed by atoms with van der Waals surface area (Å²) < 4.78 is 31.6. The molecule has 0 bridgehead atoms. The van der Waals surface area contributed by atoms with Crippen molar-refractivity contribution in [1.82, 2.24) is 9.21 Å². The molecule has 0 aliphatic carbocycles. The number of likely N-dealkylation sites (tertiary alicyclic amines) is 1. The molecule has 2 aliphatic heterocycles. The van der Waals surface area contributed by atoms with Crippen molar-refractivity contribution in [3.8, 4) is 0 Å². The Bertz CT molecular complexity index is 698. The van der Waals surface area contributed by atoms with E-state index in [1.165, 1.54) is 10.4 Å². The smallest absolute Gasteiger partial charge is 0.253 e. The van der Waals surface area contributed by atoms with E-state index in [2.05, 4.69) is 0 Å². The van der Waals surface area contributed by atoms with Gasteiger partial charge < -0.3 is 9.64 Å². The highest BCUT2D eigenvalue weighted by molar-refractivity contribution is 7.89. The van der Waals surface area contributed by atoms with Crippen molar-refractivity contribution in [3.05, 3.63) is 29.8 Å². The number of methoxy groups -OCH3 is 1. The van der Waals surface area contributed by atoms with Gasteiger partial charge in [0, 0.05) is 38.9 Å². The Kier molecular flexibility index (Phi) is 5.22. The highest BCUT2D eigenvalue weighted by Crippen LogP contribution is 2.24. The highest BCUT2D eigenvalue weighted by atomic mass is 32.2. The van der Waals surface area contributed by atoms with Gasteiger partial charge in [-0.2, -0.15) is 4.31 Å². The maximum absolute atomic E-state index is 12.8. The molecule has 1 amide bonds. The number of hydrogen-bond donors (Lipinski definition) is 0. The second kappa shape index (κ2) is 7.21. The fourth-order valence-corrected chi connectivity index (χ4v) is 4.83. The number of piperidine rings is 1. The second-order valence-electron chi connectivity index (χ2n) is 6.50. The van der Waals surface area contributed by atoms with Crippen LogP contribution in [0.15, 0.2) is 29.2 Å². The van der Waals surface area contributed by atoms with Crippen LogP contribution >= 0.6 is 0 Å².